The first-order chi connectivity index (χ1) is 4.25. The molecule has 0 fully saturated rings. The van der Waals surface area contributed by atoms with E-state index in [9.17, 15) is 4.79 Å². The van der Waals surface area contributed by atoms with Crippen LogP contribution in [0.15, 0.2) is 9.13 Å². The number of carbonyl (C=O) groups is 1. The van der Waals surface area contributed by atoms with E-state index >= 15 is 0 Å². The highest BCUT2D eigenvalue weighted by atomic mass is 79.9. The van der Waals surface area contributed by atoms with Crippen LogP contribution < -0.4 is 0 Å². The largest absolute Gasteiger partial charge is 0.352 e. The van der Waals surface area contributed by atoms with Gasteiger partial charge in [-0.3, -0.25) is 4.79 Å². The molecule has 1 aromatic heterocycles. The minimum absolute atomic E-state index is 0.280. The van der Waals surface area contributed by atoms with Crippen LogP contribution in [-0.2, 0) is 0 Å². The molecule has 3 nitrogen and oxygen atoms in total. The highest BCUT2D eigenvalue weighted by Gasteiger charge is 2.06. The lowest BCUT2D eigenvalue weighted by Crippen LogP contribution is -1.76. The van der Waals surface area contributed by atoms with Crippen LogP contribution >= 0.6 is 15.9 Å². The first kappa shape index (κ1) is 6.48. The van der Waals surface area contributed by atoms with E-state index in [1.54, 1.807) is 6.92 Å². The third-order valence-corrected chi connectivity index (χ3v) is 1.75. The van der Waals surface area contributed by atoms with Crippen LogP contribution in [0.25, 0.3) is 0 Å². The standard InChI is InChI=1S/C5H4BrNO2/c1-3-4(2-8)9-7-5(3)6/h2H,1H3. The van der Waals surface area contributed by atoms with Crippen molar-refractivity contribution in [3.05, 3.63) is 15.9 Å². The van der Waals surface area contributed by atoms with Crippen LogP contribution in [0.4, 0.5) is 0 Å². The van der Waals surface area contributed by atoms with E-state index < -0.39 is 0 Å². The minimum atomic E-state index is 0.280. The monoisotopic (exact) mass is 189 g/mol. The Morgan fingerprint density at radius 3 is 2.67 bits per heavy atom. The van der Waals surface area contributed by atoms with E-state index in [4.69, 9.17) is 0 Å². The van der Waals surface area contributed by atoms with Gasteiger partial charge in [-0.05, 0) is 22.9 Å². The molecule has 0 bridgehead atoms. The maximum Gasteiger partial charge on any atom is 0.203 e. The average Bonchev–Trinajstić information content (AvgIpc) is 2.15. The van der Waals surface area contributed by atoms with Gasteiger partial charge in [-0.2, -0.15) is 0 Å². The van der Waals surface area contributed by atoms with Gasteiger partial charge in [0, 0.05) is 5.56 Å². The molecule has 0 saturated heterocycles. The molecule has 0 aliphatic carbocycles. The van der Waals surface area contributed by atoms with Crippen LogP contribution in [0.1, 0.15) is 16.1 Å². The predicted molar refractivity (Wildman–Crippen MR) is 34.3 cm³/mol. The summed E-state index contributed by atoms with van der Waals surface area (Å²) < 4.78 is 5.17. The van der Waals surface area contributed by atoms with Crippen molar-refractivity contribution in [3.8, 4) is 0 Å². The molecule has 0 aromatic carbocycles. The van der Waals surface area contributed by atoms with Crippen LogP contribution in [0.2, 0.25) is 0 Å². The molecule has 0 amide bonds. The lowest BCUT2D eigenvalue weighted by atomic mass is 10.3. The zero-order valence-corrected chi connectivity index (χ0v) is 6.31. The fourth-order valence-corrected chi connectivity index (χ4v) is 0.706. The van der Waals surface area contributed by atoms with Gasteiger partial charge in [0.25, 0.3) is 0 Å². The lowest BCUT2D eigenvalue weighted by molar-refractivity contribution is 0.109. The zero-order chi connectivity index (χ0) is 6.85. The Bertz CT molecular complexity index is 231. The lowest BCUT2D eigenvalue weighted by Gasteiger charge is -1.78. The second-order valence-corrected chi connectivity index (χ2v) is 2.33. The van der Waals surface area contributed by atoms with Crippen molar-refractivity contribution in [3.63, 3.8) is 0 Å². The Labute approximate surface area is 60.2 Å². The Kier molecular flexibility index (Phi) is 1.66. The van der Waals surface area contributed by atoms with E-state index in [-0.39, 0.29) is 5.76 Å². The molecule has 0 N–H and O–H groups in total. The summed E-state index contributed by atoms with van der Waals surface area (Å²) in [6.45, 7) is 1.75. The van der Waals surface area contributed by atoms with Gasteiger partial charge in [0.1, 0.15) is 0 Å². The molecule has 1 heterocycles. The summed E-state index contributed by atoms with van der Waals surface area (Å²) in [7, 11) is 0. The Morgan fingerprint density at radius 1 is 1.78 bits per heavy atom. The fraction of sp³-hybridized carbons (Fsp3) is 0.200. The molecule has 0 radical (unpaired) electrons. The highest BCUT2D eigenvalue weighted by molar-refractivity contribution is 9.10. The molecule has 0 aliphatic heterocycles. The summed E-state index contributed by atoms with van der Waals surface area (Å²) in [6.07, 6.45) is 0.632. The quantitative estimate of drug-likeness (QED) is 0.631. The van der Waals surface area contributed by atoms with Gasteiger partial charge in [-0.1, -0.05) is 5.16 Å². The fourth-order valence-electron chi connectivity index (χ4n) is 0.438. The van der Waals surface area contributed by atoms with Crippen molar-refractivity contribution in [1.29, 1.82) is 0 Å². The van der Waals surface area contributed by atoms with Crippen LogP contribution in [-0.4, -0.2) is 11.4 Å². The molecular formula is C5H4BrNO2. The number of hydrogen-bond donors (Lipinski definition) is 0. The smallest absolute Gasteiger partial charge is 0.203 e. The topological polar surface area (TPSA) is 43.1 Å². The van der Waals surface area contributed by atoms with Gasteiger partial charge in [0.05, 0.1) is 0 Å². The highest BCUT2D eigenvalue weighted by Crippen LogP contribution is 2.15. The minimum Gasteiger partial charge on any atom is -0.352 e. The Morgan fingerprint density at radius 2 is 2.44 bits per heavy atom. The average molecular weight is 190 g/mol. The Balaban J connectivity index is 3.18. The molecule has 0 saturated carbocycles. The van der Waals surface area contributed by atoms with Gasteiger partial charge in [-0.25, -0.2) is 0 Å². The molecular weight excluding hydrogens is 186 g/mol. The van der Waals surface area contributed by atoms with Gasteiger partial charge in [0.15, 0.2) is 10.9 Å². The van der Waals surface area contributed by atoms with Crippen LogP contribution in [0.5, 0.6) is 0 Å². The van der Waals surface area contributed by atoms with Gasteiger partial charge in [0.2, 0.25) is 5.76 Å². The number of aromatic nitrogens is 1. The molecule has 4 heteroatoms. The Hall–Kier alpha value is -0.640. The predicted octanol–water partition coefficient (Wildman–Crippen LogP) is 1.56. The van der Waals surface area contributed by atoms with Crippen molar-refractivity contribution in [2.45, 2.75) is 6.92 Å². The third-order valence-electron chi connectivity index (χ3n) is 1.01. The van der Waals surface area contributed by atoms with E-state index in [1.807, 2.05) is 0 Å². The van der Waals surface area contributed by atoms with Gasteiger partial charge in [-0.15, -0.1) is 0 Å². The molecule has 0 aliphatic rings. The van der Waals surface area contributed by atoms with Gasteiger partial charge >= 0.3 is 0 Å². The summed E-state index contributed by atoms with van der Waals surface area (Å²) in [4.78, 5) is 10.1. The summed E-state index contributed by atoms with van der Waals surface area (Å²) in [5.74, 6) is 0.280. The molecule has 48 valence electrons. The summed E-state index contributed by atoms with van der Waals surface area (Å²) in [5.41, 5.74) is 0.741. The molecule has 0 spiro atoms. The maximum atomic E-state index is 10.1. The molecule has 0 atom stereocenters. The van der Waals surface area contributed by atoms with E-state index in [1.165, 1.54) is 0 Å². The van der Waals surface area contributed by atoms with Crippen LogP contribution in [0, 0.1) is 6.92 Å². The van der Waals surface area contributed by atoms with Crippen molar-refractivity contribution in [2.75, 3.05) is 0 Å². The second-order valence-electron chi connectivity index (χ2n) is 1.58. The second kappa shape index (κ2) is 2.31. The number of aldehydes is 1. The SMILES string of the molecule is Cc1c(Br)noc1C=O. The van der Waals surface area contributed by atoms with Crippen molar-refractivity contribution in [2.24, 2.45) is 0 Å². The molecule has 0 unspecified atom stereocenters. The van der Waals surface area contributed by atoms with Crippen molar-refractivity contribution < 1.29 is 9.32 Å². The van der Waals surface area contributed by atoms with Gasteiger partial charge < -0.3 is 4.52 Å². The summed E-state index contributed by atoms with van der Waals surface area (Å²) in [5, 5.41) is 3.50. The normalized spacial score (nSPS) is 9.56. The number of halogens is 1. The van der Waals surface area contributed by atoms with Crippen molar-refractivity contribution in [1.82, 2.24) is 5.16 Å². The summed E-state index contributed by atoms with van der Waals surface area (Å²) in [6, 6.07) is 0. The molecule has 9 heavy (non-hydrogen) atoms. The van der Waals surface area contributed by atoms with E-state index in [0.717, 1.165) is 5.56 Å². The first-order valence-electron chi connectivity index (χ1n) is 2.32. The van der Waals surface area contributed by atoms with Crippen LogP contribution in [0.3, 0.4) is 0 Å². The maximum absolute atomic E-state index is 10.1. The van der Waals surface area contributed by atoms with E-state index in [2.05, 4.69) is 25.6 Å². The zero-order valence-electron chi connectivity index (χ0n) is 4.72. The molecule has 1 aromatic rings. The number of rotatable bonds is 1. The number of carbonyl (C=O) groups excluding carboxylic acids is 1. The van der Waals surface area contributed by atoms with E-state index in [0.29, 0.717) is 10.9 Å². The number of nitrogens with zero attached hydrogens (tertiary/aromatic N) is 1. The molecule has 1 rings (SSSR count). The number of hydrogen-bond acceptors (Lipinski definition) is 3. The summed E-state index contributed by atoms with van der Waals surface area (Å²) >= 11 is 3.09. The third kappa shape index (κ3) is 1.03. The first-order valence-corrected chi connectivity index (χ1v) is 3.12. The van der Waals surface area contributed by atoms with Crippen molar-refractivity contribution >= 4 is 22.2 Å².